The van der Waals surface area contributed by atoms with Crippen LogP contribution in [-0.2, 0) is 0 Å². The molecule has 7 heteroatoms. The van der Waals surface area contributed by atoms with Gasteiger partial charge in [-0.15, -0.1) is 0 Å². The predicted molar refractivity (Wildman–Crippen MR) is 124 cm³/mol. The van der Waals surface area contributed by atoms with Crippen molar-refractivity contribution in [3.8, 4) is 16.9 Å². The molecule has 2 aromatic carbocycles. The minimum Gasteiger partial charge on any atom is -0.459 e. The Morgan fingerprint density at radius 2 is 1.48 bits per heavy atom. The number of hydrogen-bond donors (Lipinski definition) is 0. The van der Waals surface area contributed by atoms with Crippen LogP contribution in [0.3, 0.4) is 0 Å². The molecule has 2 aromatic heterocycles. The molecule has 33 heavy (non-hydrogen) atoms. The summed E-state index contributed by atoms with van der Waals surface area (Å²) in [5.41, 5.74) is 4.14. The summed E-state index contributed by atoms with van der Waals surface area (Å²) >= 11 is 0. The number of aryl methyl sites for hydroxylation is 1. The van der Waals surface area contributed by atoms with E-state index in [4.69, 9.17) is 9.52 Å². The zero-order chi connectivity index (χ0) is 22.8. The summed E-state index contributed by atoms with van der Waals surface area (Å²) in [6.45, 7) is 3.86. The van der Waals surface area contributed by atoms with E-state index in [2.05, 4.69) is 0 Å². The van der Waals surface area contributed by atoms with Crippen LogP contribution in [0, 0.1) is 6.92 Å². The topological polar surface area (TPSA) is 71.6 Å². The van der Waals surface area contributed by atoms with Crippen molar-refractivity contribution in [2.24, 2.45) is 0 Å². The monoisotopic (exact) mass is 440 g/mol. The van der Waals surface area contributed by atoms with Gasteiger partial charge in [0.15, 0.2) is 5.76 Å². The molecule has 1 aliphatic rings. The van der Waals surface area contributed by atoms with Crippen molar-refractivity contribution in [3.05, 3.63) is 96.1 Å². The van der Waals surface area contributed by atoms with Crippen LogP contribution in [-0.4, -0.2) is 57.6 Å². The van der Waals surface area contributed by atoms with E-state index in [9.17, 15) is 9.59 Å². The molecule has 4 aromatic rings. The summed E-state index contributed by atoms with van der Waals surface area (Å²) in [6.07, 6.45) is 3.29. The van der Waals surface area contributed by atoms with Crippen molar-refractivity contribution in [1.29, 1.82) is 0 Å². The molecule has 0 unspecified atom stereocenters. The van der Waals surface area contributed by atoms with E-state index in [0.29, 0.717) is 43.2 Å². The third-order valence-corrected chi connectivity index (χ3v) is 5.88. The Bertz CT molecular complexity index is 1250. The van der Waals surface area contributed by atoms with E-state index in [1.54, 1.807) is 32.8 Å². The lowest BCUT2D eigenvalue weighted by Crippen LogP contribution is -2.50. The summed E-state index contributed by atoms with van der Waals surface area (Å²) in [6, 6.07) is 21.1. The van der Waals surface area contributed by atoms with Gasteiger partial charge < -0.3 is 14.2 Å². The summed E-state index contributed by atoms with van der Waals surface area (Å²) in [5, 5.41) is 4.77. The highest BCUT2D eigenvalue weighted by atomic mass is 16.3. The molecule has 2 amide bonds. The van der Waals surface area contributed by atoms with Gasteiger partial charge in [0.2, 0.25) is 0 Å². The molecule has 1 fully saturated rings. The largest absolute Gasteiger partial charge is 0.459 e. The Kier molecular flexibility index (Phi) is 5.52. The lowest BCUT2D eigenvalue weighted by atomic mass is 10.1. The fourth-order valence-electron chi connectivity index (χ4n) is 4.01. The highest BCUT2D eigenvalue weighted by molar-refractivity contribution is 6.00. The number of carbonyl (C=O) groups is 2. The number of carbonyl (C=O) groups excluding carboxylic acids is 2. The first-order chi connectivity index (χ1) is 16.1. The van der Waals surface area contributed by atoms with Gasteiger partial charge >= 0.3 is 0 Å². The second-order valence-corrected chi connectivity index (χ2v) is 8.10. The zero-order valence-electron chi connectivity index (χ0n) is 18.3. The third-order valence-electron chi connectivity index (χ3n) is 5.88. The molecule has 3 heterocycles. The van der Waals surface area contributed by atoms with Gasteiger partial charge in [0.1, 0.15) is 5.69 Å². The lowest BCUT2D eigenvalue weighted by molar-refractivity contribution is 0.0518. The van der Waals surface area contributed by atoms with Crippen LogP contribution >= 0.6 is 0 Å². The van der Waals surface area contributed by atoms with Crippen LogP contribution in [0.2, 0.25) is 0 Å². The Morgan fingerprint density at radius 1 is 0.818 bits per heavy atom. The molecule has 0 bridgehead atoms. The lowest BCUT2D eigenvalue weighted by Gasteiger charge is -2.34. The molecule has 0 spiro atoms. The normalized spacial score (nSPS) is 13.8. The molecule has 1 saturated heterocycles. The minimum atomic E-state index is -0.149. The van der Waals surface area contributed by atoms with Gasteiger partial charge in [0, 0.05) is 37.9 Å². The van der Waals surface area contributed by atoms with E-state index >= 15 is 0 Å². The molecule has 7 nitrogen and oxygen atoms in total. The van der Waals surface area contributed by atoms with E-state index in [1.807, 2.05) is 61.5 Å². The number of nitrogens with zero attached hydrogens (tertiary/aromatic N) is 4. The summed E-state index contributed by atoms with van der Waals surface area (Å²) in [4.78, 5) is 29.6. The number of piperazine rings is 1. The number of furan rings is 1. The van der Waals surface area contributed by atoms with E-state index in [-0.39, 0.29) is 11.8 Å². The predicted octanol–water partition coefficient (Wildman–Crippen LogP) is 4.04. The second-order valence-electron chi connectivity index (χ2n) is 8.10. The average Bonchev–Trinajstić information content (AvgIpc) is 3.55. The van der Waals surface area contributed by atoms with Gasteiger partial charge in [0.25, 0.3) is 11.8 Å². The van der Waals surface area contributed by atoms with E-state index < -0.39 is 0 Å². The van der Waals surface area contributed by atoms with Crippen molar-refractivity contribution < 1.29 is 14.0 Å². The Morgan fingerprint density at radius 3 is 2.12 bits per heavy atom. The van der Waals surface area contributed by atoms with E-state index in [0.717, 1.165) is 16.8 Å². The molecular weight excluding hydrogens is 416 g/mol. The Hall–Kier alpha value is -4.13. The van der Waals surface area contributed by atoms with Crippen molar-refractivity contribution >= 4 is 11.8 Å². The molecule has 0 atom stereocenters. The van der Waals surface area contributed by atoms with Crippen molar-refractivity contribution in [2.45, 2.75) is 6.92 Å². The first-order valence-electron chi connectivity index (χ1n) is 10.9. The average molecular weight is 441 g/mol. The standard InChI is InChI=1S/C26H24N4O3/c1-19-9-11-21(12-10-19)30-18-22(24(27-30)20-6-3-2-4-7-20)25(31)28-13-15-29(16-14-28)26(32)23-8-5-17-33-23/h2-12,17-18H,13-16H2,1H3. The van der Waals surface area contributed by atoms with Crippen LogP contribution in [0.15, 0.2) is 83.6 Å². The zero-order valence-corrected chi connectivity index (χ0v) is 18.3. The van der Waals surface area contributed by atoms with Crippen molar-refractivity contribution in [2.75, 3.05) is 26.2 Å². The van der Waals surface area contributed by atoms with Crippen LogP contribution < -0.4 is 0 Å². The summed E-state index contributed by atoms with van der Waals surface area (Å²) < 4.78 is 6.98. The number of rotatable bonds is 4. The fraction of sp³-hybridized carbons (Fsp3) is 0.192. The summed E-state index contributed by atoms with van der Waals surface area (Å²) in [7, 11) is 0. The molecule has 0 aliphatic carbocycles. The molecule has 0 N–H and O–H groups in total. The maximum atomic E-state index is 13.5. The second kappa shape index (κ2) is 8.78. The fourth-order valence-corrected chi connectivity index (χ4v) is 4.01. The molecule has 0 saturated carbocycles. The van der Waals surface area contributed by atoms with Gasteiger partial charge in [-0.05, 0) is 31.2 Å². The van der Waals surface area contributed by atoms with Crippen molar-refractivity contribution in [3.63, 3.8) is 0 Å². The first kappa shape index (κ1) is 20.8. The molecule has 5 rings (SSSR count). The Balaban J connectivity index is 1.40. The smallest absolute Gasteiger partial charge is 0.289 e. The van der Waals surface area contributed by atoms with Gasteiger partial charge in [0.05, 0.1) is 17.5 Å². The van der Waals surface area contributed by atoms with Gasteiger partial charge in [-0.25, -0.2) is 4.68 Å². The first-order valence-corrected chi connectivity index (χ1v) is 10.9. The van der Waals surface area contributed by atoms with Crippen molar-refractivity contribution in [1.82, 2.24) is 19.6 Å². The van der Waals surface area contributed by atoms with Crippen LogP contribution in [0.25, 0.3) is 16.9 Å². The Labute approximate surface area is 191 Å². The van der Waals surface area contributed by atoms with Crippen LogP contribution in [0.5, 0.6) is 0 Å². The molecular formula is C26H24N4O3. The molecule has 166 valence electrons. The minimum absolute atomic E-state index is 0.0858. The molecule has 0 radical (unpaired) electrons. The quantitative estimate of drug-likeness (QED) is 0.480. The van der Waals surface area contributed by atoms with Gasteiger partial charge in [-0.3, -0.25) is 9.59 Å². The number of hydrogen-bond acceptors (Lipinski definition) is 4. The van der Waals surface area contributed by atoms with Gasteiger partial charge in [-0.2, -0.15) is 5.10 Å². The van der Waals surface area contributed by atoms with Gasteiger partial charge in [-0.1, -0.05) is 48.0 Å². The highest BCUT2D eigenvalue weighted by Crippen LogP contribution is 2.25. The summed E-state index contributed by atoms with van der Waals surface area (Å²) in [5.74, 6) is 0.0853. The SMILES string of the molecule is Cc1ccc(-n2cc(C(=O)N3CCN(C(=O)c4ccco4)CC3)c(-c3ccccc3)n2)cc1. The van der Waals surface area contributed by atoms with Crippen LogP contribution in [0.1, 0.15) is 26.5 Å². The van der Waals surface area contributed by atoms with Crippen LogP contribution in [0.4, 0.5) is 0 Å². The number of amides is 2. The number of aromatic nitrogens is 2. The van der Waals surface area contributed by atoms with E-state index in [1.165, 1.54) is 6.26 Å². The molecule has 1 aliphatic heterocycles. The number of benzene rings is 2. The maximum Gasteiger partial charge on any atom is 0.289 e. The highest BCUT2D eigenvalue weighted by Gasteiger charge is 2.29. The maximum absolute atomic E-state index is 13.5. The third kappa shape index (κ3) is 4.17.